The molecule has 1 fully saturated rings. The van der Waals surface area contributed by atoms with Gasteiger partial charge in [0.15, 0.2) is 0 Å². The van der Waals surface area contributed by atoms with E-state index < -0.39 is 0 Å². The Morgan fingerprint density at radius 3 is 2.71 bits per heavy atom. The largest absolute Gasteiger partial charge is 0.378 e. The number of rotatable bonds is 5. The number of fused-ring (bicyclic) bond motifs is 1. The van der Waals surface area contributed by atoms with E-state index in [1.807, 2.05) is 58.3 Å². The van der Waals surface area contributed by atoms with Crippen molar-refractivity contribution in [3.8, 4) is 0 Å². The Kier molecular flexibility index (Phi) is 5.30. The molecule has 146 valence electrons. The zero-order chi connectivity index (χ0) is 19.5. The molecule has 6 heteroatoms. The highest BCUT2D eigenvalue weighted by Crippen LogP contribution is 2.34. The molecule has 0 radical (unpaired) electrons. The van der Waals surface area contributed by atoms with E-state index in [2.05, 4.69) is 12.2 Å². The van der Waals surface area contributed by atoms with Gasteiger partial charge in [-0.25, -0.2) is 0 Å². The smallest absolute Gasteiger partial charge is 0.256 e. The average molecular weight is 379 g/mol. The van der Waals surface area contributed by atoms with E-state index in [4.69, 9.17) is 4.74 Å². The number of morpholine rings is 1. The molecule has 1 saturated heterocycles. The van der Waals surface area contributed by atoms with E-state index in [1.165, 1.54) is 0 Å². The Morgan fingerprint density at radius 2 is 1.93 bits per heavy atom. The fourth-order valence-corrected chi connectivity index (χ4v) is 3.85. The lowest BCUT2D eigenvalue weighted by Crippen LogP contribution is -2.40. The summed E-state index contributed by atoms with van der Waals surface area (Å²) in [6.07, 6.45) is 0.658. The molecule has 4 rings (SSSR count). The fourth-order valence-electron chi connectivity index (χ4n) is 3.85. The Hall–Kier alpha value is -2.86. The molecule has 0 bridgehead atoms. The van der Waals surface area contributed by atoms with Crippen molar-refractivity contribution in [2.45, 2.75) is 19.5 Å². The van der Waals surface area contributed by atoms with Crippen molar-refractivity contribution in [1.29, 1.82) is 0 Å². The predicted octanol–water partition coefficient (Wildman–Crippen LogP) is 3.14. The standard InChI is InChI=1S/C22H25N3O3/c1-2-10-25-20(18-8-3-4-9-19(18)22(25)27)23-17-7-5-6-16(15-17)21(26)24-11-13-28-14-12-24/h3-9,15,20,23H,2,10-14H2,1H3/t20-/m0/s1. The lowest BCUT2D eigenvalue weighted by Gasteiger charge is -2.28. The van der Waals surface area contributed by atoms with E-state index in [9.17, 15) is 9.59 Å². The van der Waals surface area contributed by atoms with Crippen LogP contribution in [0.3, 0.4) is 0 Å². The quantitative estimate of drug-likeness (QED) is 0.867. The van der Waals surface area contributed by atoms with Gasteiger partial charge in [-0.05, 0) is 30.7 Å². The van der Waals surface area contributed by atoms with Crippen LogP contribution in [0.25, 0.3) is 0 Å². The number of ether oxygens (including phenoxy) is 1. The number of hydrogen-bond donors (Lipinski definition) is 1. The van der Waals surface area contributed by atoms with Crippen LogP contribution in [0.15, 0.2) is 48.5 Å². The van der Waals surface area contributed by atoms with E-state index >= 15 is 0 Å². The van der Waals surface area contributed by atoms with Crippen LogP contribution in [-0.2, 0) is 4.74 Å². The molecule has 2 aromatic rings. The van der Waals surface area contributed by atoms with Crippen LogP contribution in [0.2, 0.25) is 0 Å². The van der Waals surface area contributed by atoms with Gasteiger partial charge in [0.05, 0.1) is 13.2 Å². The number of nitrogens with zero attached hydrogens (tertiary/aromatic N) is 2. The summed E-state index contributed by atoms with van der Waals surface area (Å²) in [5.41, 5.74) is 3.20. The molecule has 2 amide bonds. The van der Waals surface area contributed by atoms with E-state index in [-0.39, 0.29) is 18.0 Å². The lowest BCUT2D eigenvalue weighted by atomic mass is 10.1. The first-order valence-corrected chi connectivity index (χ1v) is 9.82. The van der Waals surface area contributed by atoms with Gasteiger partial charge in [-0.1, -0.05) is 31.2 Å². The second kappa shape index (κ2) is 8.02. The minimum absolute atomic E-state index is 0.0141. The van der Waals surface area contributed by atoms with Crippen LogP contribution < -0.4 is 5.32 Å². The normalized spacial score (nSPS) is 18.9. The monoisotopic (exact) mass is 379 g/mol. The predicted molar refractivity (Wildman–Crippen MR) is 107 cm³/mol. The number of carbonyl (C=O) groups is 2. The summed E-state index contributed by atoms with van der Waals surface area (Å²) in [6, 6.07) is 15.2. The number of hydrogen-bond acceptors (Lipinski definition) is 4. The van der Waals surface area contributed by atoms with Crippen molar-refractivity contribution in [3.05, 3.63) is 65.2 Å². The van der Waals surface area contributed by atoms with Gasteiger partial charge in [0, 0.05) is 42.0 Å². The molecule has 0 spiro atoms. The third-order valence-corrected chi connectivity index (χ3v) is 5.23. The van der Waals surface area contributed by atoms with Gasteiger partial charge in [0.1, 0.15) is 6.17 Å². The molecule has 2 aliphatic heterocycles. The molecule has 28 heavy (non-hydrogen) atoms. The SMILES string of the molecule is CCCN1C(=O)c2ccccc2[C@H]1Nc1cccc(C(=O)N2CCOCC2)c1. The van der Waals surface area contributed by atoms with Gasteiger partial charge in [0.2, 0.25) is 0 Å². The molecule has 1 N–H and O–H groups in total. The zero-order valence-electron chi connectivity index (χ0n) is 16.1. The summed E-state index contributed by atoms with van der Waals surface area (Å²) in [5.74, 6) is 0.0655. The van der Waals surface area contributed by atoms with Crippen molar-refractivity contribution in [1.82, 2.24) is 9.80 Å². The number of nitrogens with one attached hydrogen (secondary N) is 1. The van der Waals surface area contributed by atoms with Gasteiger partial charge in [-0.15, -0.1) is 0 Å². The van der Waals surface area contributed by atoms with Crippen molar-refractivity contribution in [2.75, 3.05) is 38.2 Å². The maximum absolute atomic E-state index is 12.8. The van der Waals surface area contributed by atoms with Gasteiger partial charge in [-0.2, -0.15) is 0 Å². The van der Waals surface area contributed by atoms with Crippen LogP contribution in [0.1, 0.15) is 45.8 Å². The molecule has 6 nitrogen and oxygen atoms in total. The summed E-state index contributed by atoms with van der Waals surface area (Å²) in [6.45, 7) is 5.14. The topological polar surface area (TPSA) is 61.9 Å². The van der Waals surface area contributed by atoms with Crippen molar-refractivity contribution in [2.24, 2.45) is 0 Å². The first-order chi connectivity index (χ1) is 13.7. The molecular weight excluding hydrogens is 354 g/mol. The second-order valence-corrected chi connectivity index (χ2v) is 7.12. The zero-order valence-corrected chi connectivity index (χ0v) is 16.1. The number of benzene rings is 2. The first-order valence-electron chi connectivity index (χ1n) is 9.82. The average Bonchev–Trinajstić information content (AvgIpc) is 3.00. The molecule has 2 heterocycles. The van der Waals surface area contributed by atoms with Crippen molar-refractivity contribution >= 4 is 17.5 Å². The van der Waals surface area contributed by atoms with Gasteiger partial charge >= 0.3 is 0 Å². The molecule has 0 unspecified atom stereocenters. The maximum Gasteiger partial charge on any atom is 0.256 e. The van der Waals surface area contributed by atoms with E-state index in [1.54, 1.807) is 0 Å². The lowest BCUT2D eigenvalue weighted by molar-refractivity contribution is 0.0303. The van der Waals surface area contributed by atoms with E-state index in [0.29, 0.717) is 38.4 Å². The van der Waals surface area contributed by atoms with Crippen molar-refractivity contribution in [3.63, 3.8) is 0 Å². The number of anilines is 1. The molecule has 0 saturated carbocycles. The van der Waals surface area contributed by atoms with Crippen LogP contribution in [-0.4, -0.2) is 54.5 Å². The molecule has 0 aliphatic carbocycles. The van der Waals surface area contributed by atoms with Gasteiger partial charge < -0.3 is 19.9 Å². The summed E-state index contributed by atoms with van der Waals surface area (Å²) < 4.78 is 5.33. The third kappa shape index (κ3) is 3.47. The highest BCUT2D eigenvalue weighted by atomic mass is 16.5. The van der Waals surface area contributed by atoms with Gasteiger partial charge in [-0.3, -0.25) is 9.59 Å². The Morgan fingerprint density at radius 1 is 1.14 bits per heavy atom. The molecular formula is C22H25N3O3. The minimum Gasteiger partial charge on any atom is -0.378 e. The number of carbonyl (C=O) groups excluding carboxylic acids is 2. The molecule has 2 aromatic carbocycles. The summed E-state index contributed by atoms with van der Waals surface area (Å²) in [5, 5.41) is 3.47. The Bertz CT molecular complexity index is 877. The molecule has 0 aromatic heterocycles. The Labute approximate surface area is 165 Å². The maximum atomic E-state index is 12.8. The van der Waals surface area contributed by atoms with Crippen LogP contribution in [0, 0.1) is 0 Å². The van der Waals surface area contributed by atoms with Crippen LogP contribution in [0.4, 0.5) is 5.69 Å². The summed E-state index contributed by atoms with van der Waals surface area (Å²) >= 11 is 0. The second-order valence-electron chi connectivity index (χ2n) is 7.12. The minimum atomic E-state index is -0.225. The summed E-state index contributed by atoms with van der Waals surface area (Å²) in [4.78, 5) is 29.2. The van der Waals surface area contributed by atoms with Gasteiger partial charge in [0.25, 0.3) is 11.8 Å². The molecule has 2 aliphatic rings. The highest BCUT2D eigenvalue weighted by Gasteiger charge is 2.35. The number of amides is 2. The summed E-state index contributed by atoms with van der Waals surface area (Å²) in [7, 11) is 0. The third-order valence-electron chi connectivity index (χ3n) is 5.23. The van der Waals surface area contributed by atoms with Crippen molar-refractivity contribution < 1.29 is 14.3 Å². The highest BCUT2D eigenvalue weighted by molar-refractivity contribution is 5.99. The first kappa shape index (κ1) is 18.5. The van der Waals surface area contributed by atoms with Crippen LogP contribution in [0.5, 0.6) is 0 Å². The molecule has 1 atom stereocenters. The fraction of sp³-hybridized carbons (Fsp3) is 0.364. The van der Waals surface area contributed by atoms with E-state index in [0.717, 1.165) is 23.2 Å². The Balaban J connectivity index is 1.58. The van der Waals surface area contributed by atoms with Crippen LogP contribution >= 0.6 is 0 Å².